The van der Waals surface area contributed by atoms with Gasteiger partial charge >= 0.3 is 0 Å². The lowest BCUT2D eigenvalue weighted by molar-refractivity contribution is 0.333. The number of nitrogens with zero attached hydrogens (tertiary/aromatic N) is 1. The molecule has 0 saturated heterocycles. The Labute approximate surface area is 114 Å². The predicted octanol–water partition coefficient (Wildman–Crippen LogP) is 3.24. The Morgan fingerprint density at radius 1 is 1.00 bits per heavy atom. The third-order valence-corrected chi connectivity index (χ3v) is 2.81. The van der Waals surface area contributed by atoms with Crippen molar-refractivity contribution in [3.63, 3.8) is 0 Å². The van der Waals surface area contributed by atoms with Gasteiger partial charge in [0.15, 0.2) is 0 Å². The highest BCUT2D eigenvalue weighted by molar-refractivity contribution is 5.49. The minimum absolute atomic E-state index is 0.645. The van der Waals surface area contributed by atoms with Crippen molar-refractivity contribution in [1.29, 1.82) is 0 Å². The maximum absolute atomic E-state index is 5.73. The molecule has 0 saturated carbocycles. The third-order valence-electron chi connectivity index (χ3n) is 2.81. The number of rotatable bonds is 6. The second-order valence-corrected chi connectivity index (χ2v) is 4.53. The van der Waals surface area contributed by atoms with E-state index in [1.54, 1.807) is 0 Å². The zero-order valence-corrected chi connectivity index (χ0v) is 11.5. The van der Waals surface area contributed by atoms with Crippen LogP contribution in [0.25, 0.3) is 0 Å². The van der Waals surface area contributed by atoms with Gasteiger partial charge in [-0.05, 0) is 24.3 Å². The summed E-state index contributed by atoms with van der Waals surface area (Å²) < 4.78 is 5.73. The summed E-state index contributed by atoms with van der Waals surface area (Å²) in [7, 11) is 4.05. The van der Waals surface area contributed by atoms with Crippen LogP contribution in [-0.4, -0.2) is 27.2 Å². The van der Waals surface area contributed by atoms with Gasteiger partial charge in [-0.3, -0.25) is 0 Å². The van der Waals surface area contributed by atoms with E-state index in [9.17, 15) is 0 Å². The second-order valence-electron chi connectivity index (χ2n) is 4.53. The summed E-state index contributed by atoms with van der Waals surface area (Å²) in [5, 5.41) is 3.32. The van der Waals surface area contributed by atoms with Gasteiger partial charge in [0.05, 0.1) is 0 Å². The summed E-state index contributed by atoms with van der Waals surface area (Å²) in [6, 6.07) is 18.2. The maximum Gasteiger partial charge on any atom is 0.121 e. The van der Waals surface area contributed by atoms with Gasteiger partial charge in [0.2, 0.25) is 0 Å². The van der Waals surface area contributed by atoms with Crippen LogP contribution in [0.15, 0.2) is 54.6 Å². The van der Waals surface area contributed by atoms with Crippen LogP contribution in [0, 0.1) is 0 Å². The molecule has 0 aliphatic carbocycles. The fraction of sp³-hybridized carbons (Fsp3) is 0.250. The van der Waals surface area contributed by atoms with E-state index in [1.807, 2.05) is 62.6 Å². The minimum Gasteiger partial charge on any atom is -0.492 e. The molecule has 0 fully saturated rings. The van der Waals surface area contributed by atoms with Gasteiger partial charge in [0.1, 0.15) is 12.4 Å². The van der Waals surface area contributed by atoms with Gasteiger partial charge in [-0.2, -0.15) is 0 Å². The normalized spacial score (nSPS) is 10.0. The Balaban J connectivity index is 1.78. The first-order valence-corrected chi connectivity index (χ1v) is 6.45. The predicted molar refractivity (Wildman–Crippen MR) is 81.2 cm³/mol. The molecule has 0 amide bonds. The summed E-state index contributed by atoms with van der Waals surface area (Å²) in [6.07, 6.45) is 0. The molecule has 0 spiro atoms. The molecule has 3 nitrogen and oxygen atoms in total. The van der Waals surface area contributed by atoms with E-state index in [0.717, 1.165) is 23.7 Å². The Morgan fingerprint density at radius 3 is 2.53 bits per heavy atom. The first-order valence-electron chi connectivity index (χ1n) is 6.45. The SMILES string of the molecule is CN(C)c1cccc(OCCNc2ccccc2)c1. The lowest BCUT2D eigenvalue weighted by Crippen LogP contribution is -2.12. The number of para-hydroxylation sites is 1. The van der Waals surface area contributed by atoms with Crippen molar-refractivity contribution in [2.24, 2.45) is 0 Å². The van der Waals surface area contributed by atoms with Crippen LogP contribution in [0.3, 0.4) is 0 Å². The monoisotopic (exact) mass is 256 g/mol. The standard InChI is InChI=1S/C16H20N2O/c1-18(2)15-9-6-10-16(13-15)19-12-11-17-14-7-4-3-5-8-14/h3-10,13,17H,11-12H2,1-2H3. The average molecular weight is 256 g/mol. The van der Waals surface area contributed by atoms with Gasteiger partial charge in [0.25, 0.3) is 0 Å². The van der Waals surface area contributed by atoms with Gasteiger partial charge in [-0.1, -0.05) is 24.3 Å². The summed E-state index contributed by atoms with van der Waals surface area (Å²) in [5.74, 6) is 0.904. The topological polar surface area (TPSA) is 24.5 Å². The van der Waals surface area contributed by atoms with E-state index in [1.165, 1.54) is 0 Å². The van der Waals surface area contributed by atoms with Crippen LogP contribution in [-0.2, 0) is 0 Å². The first-order chi connectivity index (χ1) is 9.25. The van der Waals surface area contributed by atoms with Crippen molar-refractivity contribution < 1.29 is 4.74 Å². The highest BCUT2D eigenvalue weighted by atomic mass is 16.5. The van der Waals surface area contributed by atoms with E-state index < -0.39 is 0 Å². The van der Waals surface area contributed by atoms with Crippen molar-refractivity contribution in [1.82, 2.24) is 0 Å². The Kier molecular flexibility index (Phi) is 4.67. The molecule has 0 bridgehead atoms. The van der Waals surface area contributed by atoms with Crippen LogP contribution in [0.2, 0.25) is 0 Å². The summed E-state index contributed by atoms with van der Waals surface area (Å²) in [6.45, 7) is 1.43. The molecule has 3 heteroatoms. The number of hydrogen-bond donors (Lipinski definition) is 1. The van der Waals surface area contributed by atoms with E-state index in [2.05, 4.69) is 16.3 Å². The summed E-state index contributed by atoms with van der Waals surface area (Å²) >= 11 is 0. The molecule has 19 heavy (non-hydrogen) atoms. The highest BCUT2D eigenvalue weighted by Gasteiger charge is 1.98. The number of nitrogens with one attached hydrogen (secondary N) is 1. The lowest BCUT2D eigenvalue weighted by atomic mass is 10.3. The first kappa shape index (κ1) is 13.3. The van der Waals surface area contributed by atoms with E-state index >= 15 is 0 Å². The minimum atomic E-state index is 0.645. The van der Waals surface area contributed by atoms with E-state index in [0.29, 0.717) is 6.61 Å². The number of ether oxygens (including phenoxy) is 1. The Bertz CT molecular complexity index is 497. The molecule has 0 aromatic heterocycles. The maximum atomic E-state index is 5.73. The van der Waals surface area contributed by atoms with Crippen LogP contribution < -0.4 is 15.0 Å². The van der Waals surface area contributed by atoms with Crippen molar-refractivity contribution in [3.8, 4) is 5.75 Å². The van der Waals surface area contributed by atoms with Crippen LogP contribution in [0.4, 0.5) is 11.4 Å². The summed E-state index contributed by atoms with van der Waals surface area (Å²) in [4.78, 5) is 2.06. The summed E-state index contributed by atoms with van der Waals surface area (Å²) in [5.41, 5.74) is 2.27. The molecule has 0 radical (unpaired) electrons. The molecule has 1 N–H and O–H groups in total. The van der Waals surface area contributed by atoms with Crippen LogP contribution in [0.1, 0.15) is 0 Å². The molecule has 0 aliphatic rings. The average Bonchev–Trinajstić information content (AvgIpc) is 2.45. The zero-order chi connectivity index (χ0) is 13.5. The van der Waals surface area contributed by atoms with E-state index in [-0.39, 0.29) is 0 Å². The molecule has 0 aliphatic heterocycles. The van der Waals surface area contributed by atoms with Gasteiger partial charge in [-0.15, -0.1) is 0 Å². The molecule has 2 aromatic carbocycles. The van der Waals surface area contributed by atoms with E-state index in [4.69, 9.17) is 4.74 Å². The van der Waals surface area contributed by atoms with Crippen molar-refractivity contribution >= 4 is 11.4 Å². The Hall–Kier alpha value is -2.16. The fourth-order valence-corrected chi connectivity index (χ4v) is 1.77. The second kappa shape index (κ2) is 6.69. The third kappa shape index (κ3) is 4.21. The lowest BCUT2D eigenvalue weighted by Gasteiger charge is -2.14. The van der Waals surface area contributed by atoms with Crippen LogP contribution in [0.5, 0.6) is 5.75 Å². The number of hydrogen-bond acceptors (Lipinski definition) is 3. The van der Waals surface area contributed by atoms with Crippen LogP contribution >= 0.6 is 0 Å². The fourth-order valence-electron chi connectivity index (χ4n) is 1.77. The molecule has 2 rings (SSSR count). The molecular formula is C16H20N2O. The van der Waals surface area contributed by atoms with Crippen molar-refractivity contribution in [2.45, 2.75) is 0 Å². The van der Waals surface area contributed by atoms with Crippen molar-refractivity contribution in [3.05, 3.63) is 54.6 Å². The van der Waals surface area contributed by atoms with Gasteiger partial charge in [-0.25, -0.2) is 0 Å². The largest absolute Gasteiger partial charge is 0.492 e. The molecular weight excluding hydrogens is 236 g/mol. The highest BCUT2D eigenvalue weighted by Crippen LogP contribution is 2.19. The van der Waals surface area contributed by atoms with Gasteiger partial charge in [0, 0.05) is 38.1 Å². The molecule has 0 unspecified atom stereocenters. The number of anilines is 2. The van der Waals surface area contributed by atoms with Gasteiger partial charge < -0.3 is 15.0 Å². The molecule has 0 heterocycles. The zero-order valence-electron chi connectivity index (χ0n) is 11.5. The molecule has 100 valence electrons. The van der Waals surface area contributed by atoms with Crippen molar-refractivity contribution in [2.75, 3.05) is 37.5 Å². The quantitative estimate of drug-likeness (QED) is 0.803. The Morgan fingerprint density at radius 2 is 1.79 bits per heavy atom. The molecule has 2 aromatic rings. The smallest absolute Gasteiger partial charge is 0.121 e. The molecule has 0 atom stereocenters. The number of benzene rings is 2.